The van der Waals surface area contributed by atoms with Crippen molar-refractivity contribution in [2.45, 2.75) is 83.8 Å². The molecule has 2 bridgehead atoms. The molecule has 1 saturated carbocycles. The lowest BCUT2D eigenvalue weighted by Crippen LogP contribution is -2.56. The molecule has 6 heteroatoms. The number of hydrogen-bond donors (Lipinski definition) is 0. The predicted octanol–water partition coefficient (Wildman–Crippen LogP) is 2.94. The van der Waals surface area contributed by atoms with E-state index < -0.39 is 0 Å². The minimum Gasteiger partial charge on any atom is -0.335 e. The van der Waals surface area contributed by atoms with Crippen molar-refractivity contribution in [3.8, 4) is 0 Å². The van der Waals surface area contributed by atoms with Crippen LogP contribution in [0.3, 0.4) is 0 Å². The summed E-state index contributed by atoms with van der Waals surface area (Å²) in [5.41, 5.74) is 1.62. The normalized spacial score (nSPS) is 32.7. The molecule has 2 saturated heterocycles. The smallest absolute Gasteiger partial charge is 0.272 e. The molecule has 3 aliphatic rings. The molecule has 4 atom stereocenters. The summed E-state index contributed by atoms with van der Waals surface area (Å²) in [4.78, 5) is 30.2. The number of carbonyl (C=O) groups excluding carboxylic acids is 2. The van der Waals surface area contributed by atoms with Gasteiger partial charge in [0.1, 0.15) is 5.69 Å². The quantitative estimate of drug-likeness (QED) is 0.802. The summed E-state index contributed by atoms with van der Waals surface area (Å²) in [7, 11) is 1.86. The van der Waals surface area contributed by atoms with Gasteiger partial charge in [0.2, 0.25) is 5.91 Å². The highest BCUT2D eigenvalue weighted by molar-refractivity contribution is 5.93. The Morgan fingerprint density at radius 2 is 1.89 bits per heavy atom. The van der Waals surface area contributed by atoms with Crippen LogP contribution in [-0.2, 0) is 11.8 Å². The topological polar surface area (TPSA) is 58.4 Å². The lowest BCUT2D eigenvalue weighted by atomic mass is 9.71. The van der Waals surface area contributed by atoms with Crippen molar-refractivity contribution >= 4 is 11.8 Å². The molecule has 2 aliphatic heterocycles. The number of aryl methyl sites for hydroxylation is 1. The molecule has 27 heavy (non-hydrogen) atoms. The first-order valence-electron chi connectivity index (χ1n) is 10.4. The Balaban J connectivity index is 1.72. The molecule has 0 spiro atoms. The Morgan fingerprint density at radius 1 is 1.22 bits per heavy atom. The van der Waals surface area contributed by atoms with Crippen LogP contribution in [0.4, 0.5) is 0 Å². The first kappa shape index (κ1) is 18.5. The first-order chi connectivity index (χ1) is 12.7. The summed E-state index contributed by atoms with van der Waals surface area (Å²) < 4.78 is 1.73. The molecule has 0 unspecified atom stereocenters. The van der Waals surface area contributed by atoms with Gasteiger partial charge in [0.15, 0.2) is 0 Å². The van der Waals surface area contributed by atoms with Gasteiger partial charge >= 0.3 is 0 Å². The third-order valence-corrected chi connectivity index (χ3v) is 7.25. The van der Waals surface area contributed by atoms with Crippen molar-refractivity contribution < 1.29 is 9.59 Å². The van der Waals surface area contributed by atoms with Crippen LogP contribution in [-0.4, -0.2) is 56.1 Å². The van der Waals surface area contributed by atoms with Crippen molar-refractivity contribution in [2.75, 3.05) is 6.54 Å². The van der Waals surface area contributed by atoms with Crippen LogP contribution < -0.4 is 0 Å². The number of carbonyl (C=O) groups is 2. The van der Waals surface area contributed by atoms with Gasteiger partial charge in [-0.2, -0.15) is 5.10 Å². The molecule has 3 heterocycles. The Kier molecular flexibility index (Phi) is 4.35. The third-order valence-electron chi connectivity index (χ3n) is 7.25. The number of rotatable bonds is 2. The number of fused-ring (bicyclic) bond motifs is 1. The van der Waals surface area contributed by atoms with Gasteiger partial charge in [-0.1, -0.05) is 33.6 Å². The van der Waals surface area contributed by atoms with E-state index in [1.165, 1.54) is 0 Å². The second-order valence-electron chi connectivity index (χ2n) is 9.30. The second-order valence-corrected chi connectivity index (χ2v) is 9.30. The zero-order chi connectivity index (χ0) is 19.5. The Bertz CT molecular complexity index is 770. The van der Waals surface area contributed by atoms with Crippen LogP contribution in [0.25, 0.3) is 0 Å². The van der Waals surface area contributed by atoms with E-state index in [9.17, 15) is 9.59 Å². The Hall–Kier alpha value is -1.85. The maximum absolute atomic E-state index is 13.6. The highest BCUT2D eigenvalue weighted by atomic mass is 16.2. The predicted molar refractivity (Wildman–Crippen MR) is 103 cm³/mol. The van der Waals surface area contributed by atoms with Crippen LogP contribution in [0.15, 0.2) is 6.07 Å². The van der Waals surface area contributed by atoms with Gasteiger partial charge in [0, 0.05) is 38.0 Å². The van der Waals surface area contributed by atoms with Gasteiger partial charge in [-0.3, -0.25) is 14.3 Å². The van der Waals surface area contributed by atoms with E-state index in [1.54, 1.807) is 11.6 Å². The fraction of sp³-hybridized carbons (Fsp3) is 0.762. The van der Waals surface area contributed by atoms with Gasteiger partial charge < -0.3 is 9.80 Å². The molecular weight excluding hydrogens is 340 g/mol. The summed E-state index contributed by atoms with van der Waals surface area (Å²) in [6.45, 7) is 8.84. The van der Waals surface area contributed by atoms with Crippen LogP contribution in [0, 0.1) is 5.41 Å². The zero-order valence-electron chi connectivity index (χ0n) is 17.2. The standard InChI is InChI=1S/C21H32N4O2/c1-13(2)16-10-17(23(5)22-16)20(27)24-12-15-11-21(4)18(24)8-6-7-9-19(21)25(15)14(3)26/h10,13,15,18-19H,6-9,11-12H2,1-5H3/t15-,18+,19-,21+/m0/s1. The molecule has 3 fully saturated rings. The highest BCUT2D eigenvalue weighted by Crippen LogP contribution is 2.53. The average Bonchev–Trinajstić information content (AvgIpc) is 3.03. The summed E-state index contributed by atoms with van der Waals surface area (Å²) in [6.07, 6.45) is 5.38. The molecule has 6 nitrogen and oxygen atoms in total. The van der Waals surface area contributed by atoms with Crippen LogP contribution in [0.1, 0.15) is 81.9 Å². The maximum Gasteiger partial charge on any atom is 0.272 e. The molecule has 1 aliphatic carbocycles. The highest BCUT2D eigenvalue weighted by Gasteiger charge is 2.60. The largest absolute Gasteiger partial charge is 0.335 e. The Morgan fingerprint density at radius 3 is 2.48 bits per heavy atom. The SMILES string of the molecule is CC(=O)N1[C@@H]2CN(C(=O)c3cc(C(C)C)nn3C)[C@@H]3CCCC[C@H]1[C@]3(C)C2. The zero-order valence-corrected chi connectivity index (χ0v) is 17.2. The minimum atomic E-state index is 0.000216. The number of amides is 2. The number of hydrogen-bond acceptors (Lipinski definition) is 3. The lowest BCUT2D eigenvalue weighted by molar-refractivity contribution is -0.132. The van der Waals surface area contributed by atoms with Gasteiger partial charge in [0.25, 0.3) is 5.91 Å². The van der Waals surface area contributed by atoms with Crippen molar-refractivity contribution in [3.63, 3.8) is 0 Å². The van der Waals surface area contributed by atoms with Crippen molar-refractivity contribution in [2.24, 2.45) is 12.5 Å². The number of nitrogens with zero attached hydrogens (tertiary/aromatic N) is 4. The third kappa shape index (κ3) is 2.71. The van der Waals surface area contributed by atoms with E-state index in [1.807, 2.05) is 13.1 Å². The number of aromatic nitrogens is 2. The van der Waals surface area contributed by atoms with Crippen LogP contribution in [0.2, 0.25) is 0 Å². The molecule has 1 aromatic rings. The second kappa shape index (κ2) is 6.35. The molecular formula is C21H32N4O2. The fourth-order valence-electron chi connectivity index (χ4n) is 5.98. The summed E-state index contributed by atoms with van der Waals surface area (Å²) in [5, 5.41) is 4.54. The van der Waals surface area contributed by atoms with E-state index in [4.69, 9.17) is 0 Å². The monoisotopic (exact) mass is 372 g/mol. The Labute approximate surface area is 161 Å². The lowest BCUT2D eigenvalue weighted by Gasteiger charge is -2.46. The van der Waals surface area contributed by atoms with Crippen LogP contribution >= 0.6 is 0 Å². The molecule has 148 valence electrons. The van der Waals surface area contributed by atoms with E-state index >= 15 is 0 Å². The molecule has 0 radical (unpaired) electrons. The summed E-state index contributed by atoms with van der Waals surface area (Å²) in [6, 6.07) is 2.56. The van der Waals surface area contributed by atoms with Crippen molar-refractivity contribution in [1.82, 2.24) is 19.6 Å². The number of likely N-dealkylation sites (tertiary alicyclic amines) is 2. The molecule has 2 amide bonds. The maximum atomic E-state index is 13.6. The fourth-order valence-corrected chi connectivity index (χ4v) is 5.98. The average molecular weight is 373 g/mol. The van der Waals surface area contributed by atoms with Gasteiger partial charge in [-0.15, -0.1) is 0 Å². The molecule has 4 rings (SSSR count). The van der Waals surface area contributed by atoms with Gasteiger partial charge in [0.05, 0.1) is 11.7 Å². The van der Waals surface area contributed by atoms with E-state index in [2.05, 4.69) is 35.7 Å². The van der Waals surface area contributed by atoms with Gasteiger partial charge in [-0.05, 0) is 31.2 Å². The van der Waals surface area contributed by atoms with Crippen molar-refractivity contribution in [3.05, 3.63) is 17.5 Å². The van der Waals surface area contributed by atoms with E-state index in [0.29, 0.717) is 18.2 Å². The van der Waals surface area contributed by atoms with Crippen LogP contribution in [0.5, 0.6) is 0 Å². The van der Waals surface area contributed by atoms with E-state index in [-0.39, 0.29) is 35.4 Å². The molecule has 1 aromatic heterocycles. The first-order valence-corrected chi connectivity index (χ1v) is 10.4. The minimum absolute atomic E-state index is 0.000216. The molecule has 0 N–H and O–H groups in total. The van der Waals surface area contributed by atoms with E-state index in [0.717, 1.165) is 37.8 Å². The van der Waals surface area contributed by atoms with Gasteiger partial charge in [-0.25, -0.2) is 0 Å². The van der Waals surface area contributed by atoms with Crippen molar-refractivity contribution in [1.29, 1.82) is 0 Å². The summed E-state index contributed by atoms with van der Waals surface area (Å²) >= 11 is 0. The molecule has 0 aromatic carbocycles. The summed E-state index contributed by atoms with van der Waals surface area (Å²) in [5.74, 6) is 0.526. The number of piperidine rings is 1.